The van der Waals surface area contributed by atoms with Crippen LogP contribution in [0.2, 0.25) is 0 Å². The molecular formula is C16H12F3N3O2S. The van der Waals surface area contributed by atoms with Crippen LogP contribution in [0.1, 0.15) is 12.1 Å². The Labute approximate surface area is 141 Å². The number of benzene rings is 2. The lowest BCUT2D eigenvalue weighted by atomic mass is 10.1. The van der Waals surface area contributed by atoms with E-state index in [1.807, 2.05) is 0 Å². The molecule has 0 bridgehead atoms. The number of primary sulfonamides is 1. The fourth-order valence-electron chi connectivity index (χ4n) is 2.31. The average molecular weight is 367 g/mol. The van der Waals surface area contributed by atoms with E-state index in [1.165, 1.54) is 59.3 Å². The minimum absolute atomic E-state index is 0.0989. The molecule has 25 heavy (non-hydrogen) atoms. The van der Waals surface area contributed by atoms with Crippen LogP contribution in [0.15, 0.2) is 59.5 Å². The number of aromatic nitrogens is 2. The van der Waals surface area contributed by atoms with Crippen molar-refractivity contribution < 1.29 is 21.6 Å². The molecule has 0 atom stereocenters. The first kappa shape index (κ1) is 17.2. The molecule has 1 aromatic heterocycles. The first-order valence-corrected chi connectivity index (χ1v) is 8.57. The van der Waals surface area contributed by atoms with Gasteiger partial charge in [0.15, 0.2) is 0 Å². The predicted molar refractivity (Wildman–Crippen MR) is 85.3 cm³/mol. The van der Waals surface area contributed by atoms with Gasteiger partial charge in [-0.1, -0.05) is 12.1 Å². The summed E-state index contributed by atoms with van der Waals surface area (Å²) in [6.45, 7) is 0. The Morgan fingerprint density at radius 2 is 1.60 bits per heavy atom. The van der Waals surface area contributed by atoms with Crippen molar-refractivity contribution in [1.82, 2.24) is 9.78 Å². The summed E-state index contributed by atoms with van der Waals surface area (Å²) in [6, 6.07) is 11.8. The zero-order valence-electron chi connectivity index (χ0n) is 12.6. The highest BCUT2D eigenvalue weighted by Gasteiger charge is 2.18. The molecule has 0 fully saturated rings. The minimum Gasteiger partial charge on any atom is -0.233 e. The Balaban J connectivity index is 2.13. The molecule has 0 saturated heterocycles. The Kier molecular flexibility index (Phi) is 4.36. The molecule has 2 aromatic carbocycles. The van der Waals surface area contributed by atoms with Gasteiger partial charge >= 0.3 is 0 Å². The summed E-state index contributed by atoms with van der Waals surface area (Å²) in [4.78, 5) is -0.0989. The largest absolute Gasteiger partial charge is 0.282 e. The molecule has 0 aliphatic carbocycles. The molecule has 3 rings (SSSR count). The number of halogens is 3. The SMILES string of the molecule is NS(=O)(=O)c1ccc(-c2cc(C(F)F)nn2-c2ccc(F)cc2)cc1. The second kappa shape index (κ2) is 6.34. The Hall–Kier alpha value is -2.65. The molecule has 3 aromatic rings. The summed E-state index contributed by atoms with van der Waals surface area (Å²) < 4.78 is 63.1. The summed E-state index contributed by atoms with van der Waals surface area (Å²) >= 11 is 0. The van der Waals surface area contributed by atoms with E-state index in [-0.39, 0.29) is 4.90 Å². The molecule has 0 saturated carbocycles. The van der Waals surface area contributed by atoms with Crippen LogP contribution >= 0.6 is 0 Å². The Morgan fingerprint density at radius 1 is 1.00 bits per heavy atom. The molecule has 5 nitrogen and oxygen atoms in total. The van der Waals surface area contributed by atoms with Gasteiger partial charge in [0, 0.05) is 5.56 Å². The van der Waals surface area contributed by atoms with Gasteiger partial charge in [-0.2, -0.15) is 5.10 Å². The van der Waals surface area contributed by atoms with Crippen LogP contribution in [0.3, 0.4) is 0 Å². The van der Waals surface area contributed by atoms with Gasteiger partial charge in [0.05, 0.1) is 16.3 Å². The van der Waals surface area contributed by atoms with E-state index in [1.54, 1.807) is 0 Å². The van der Waals surface area contributed by atoms with Crippen molar-refractivity contribution in [3.05, 3.63) is 66.1 Å². The normalized spacial score (nSPS) is 11.9. The van der Waals surface area contributed by atoms with Gasteiger partial charge in [0.2, 0.25) is 10.0 Å². The maximum Gasteiger partial charge on any atom is 0.282 e. The van der Waals surface area contributed by atoms with E-state index in [4.69, 9.17) is 5.14 Å². The van der Waals surface area contributed by atoms with Crippen molar-refractivity contribution in [3.63, 3.8) is 0 Å². The topological polar surface area (TPSA) is 78.0 Å². The van der Waals surface area contributed by atoms with Crippen molar-refractivity contribution in [3.8, 4) is 16.9 Å². The fraction of sp³-hybridized carbons (Fsp3) is 0.0625. The molecule has 9 heteroatoms. The van der Waals surface area contributed by atoms with E-state index >= 15 is 0 Å². The number of nitrogens with two attached hydrogens (primary N) is 1. The van der Waals surface area contributed by atoms with Gasteiger partial charge in [-0.3, -0.25) is 0 Å². The summed E-state index contributed by atoms with van der Waals surface area (Å²) in [5.41, 5.74) is 0.702. The maximum atomic E-state index is 13.1. The zero-order chi connectivity index (χ0) is 18.2. The fourth-order valence-corrected chi connectivity index (χ4v) is 2.82. The number of alkyl halides is 2. The van der Waals surface area contributed by atoms with Crippen molar-refractivity contribution >= 4 is 10.0 Å². The van der Waals surface area contributed by atoms with Gasteiger partial charge in [-0.05, 0) is 42.5 Å². The van der Waals surface area contributed by atoms with Crippen molar-refractivity contribution in [2.45, 2.75) is 11.3 Å². The van der Waals surface area contributed by atoms with E-state index < -0.39 is 28.0 Å². The van der Waals surface area contributed by atoms with E-state index in [9.17, 15) is 21.6 Å². The number of rotatable bonds is 4. The first-order chi connectivity index (χ1) is 11.8. The highest BCUT2D eigenvalue weighted by molar-refractivity contribution is 7.89. The van der Waals surface area contributed by atoms with Gasteiger partial charge < -0.3 is 0 Å². The van der Waals surface area contributed by atoms with Gasteiger partial charge in [-0.15, -0.1) is 0 Å². The molecule has 0 spiro atoms. The minimum atomic E-state index is -3.86. The first-order valence-electron chi connectivity index (χ1n) is 7.03. The quantitative estimate of drug-likeness (QED) is 0.769. The van der Waals surface area contributed by atoms with Crippen LogP contribution < -0.4 is 5.14 Å². The van der Waals surface area contributed by atoms with Crippen LogP contribution in [0.4, 0.5) is 13.2 Å². The number of hydrogen-bond acceptors (Lipinski definition) is 3. The molecular weight excluding hydrogens is 355 g/mol. The van der Waals surface area contributed by atoms with Crippen LogP contribution in [-0.4, -0.2) is 18.2 Å². The van der Waals surface area contributed by atoms with Crippen molar-refractivity contribution in [2.75, 3.05) is 0 Å². The third-order valence-electron chi connectivity index (χ3n) is 3.50. The Bertz CT molecular complexity index is 998. The van der Waals surface area contributed by atoms with Crippen molar-refractivity contribution in [2.24, 2.45) is 5.14 Å². The molecule has 0 unspecified atom stereocenters. The molecule has 130 valence electrons. The number of hydrogen-bond donors (Lipinski definition) is 1. The van der Waals surface area contributed by atoms with Crippen molar-refractivity contribution in [1.29, 1.82) is 0 Å². The average Bonchev–Trinajstić information content (AvgIpc) is 3.00. The van der Waals surface area contributed by atoms with Gasteiger partial charge in [-0.25, -0.2) is 31.4 Å². The lowest BCUT2D eigenvalue weighted by Gasteiger charge is -2.08. The highest BCUT2D eigenvalue weighted by Crippen LogP contribution is 2.28. The lowest BCUT2D eigenvalue weighted by molar-refractivity contribution is 0.145. The van der Waals surface area contributed by atoms with E-state index in [2.05, 4.69) is 5.10 Å². The maximum absolute atomic E-state index is 13.1. The molecule has 1 heterocycles. The molecule has 0 amide bonds. The lowest BCUT2D eigenvalue weighted by Crippen LogP contribution is -2.11. The molecule has 0 radical (unpaired) electrons. The van der Waals surface area contributed by atoms with E-state index in [0.717, 1.165) is 0 Å². The number of nitrogens with zero attached hydrogens (tertiary/aromatic N) is 2. The van der Waals surface area contributed by atoms with Crippen LogP contribution in [0.25, 0.3) is 16.9 Å². The second-order valence-corrected chi connectivity index (χ2v) is 6.77. The Morgan fingerprint density at radius 3 is 2.12 bits per heavy atom. The number of sulfonamides is 1. The summed E-state index contributed by atoms with van der Waals surface area (Å²) in [5.74, 6) is -0.468. The summed E-state index contributed by atoms with van der Waals surface area (Å²) in [5, 5.41) is 8.90. The smallest absolute Gasteiger partial charge is 0.233 e. The molecule has 2 N–H and O–H groups in total. The van der Waals surface area contributed by atoms with E-state index in [0.29, 0.717) is 16.9 Å². The van der Waals surface area contributed by atoms with Gasteiger partial charge in [0.25, 0.3) is 6.43 Å². The monoisotopic (exact) mass is 367 g/mol. The van der Waals surface area contributed by atoms with Crippen LogP contribution in [0, 0.1) is 5.82 Å². The van der Waals surface area contributed by atoms with Gasteiger partial charge in [0.1, 0.15) is 11.5 Å². The van der Waals surface area contributed by atoms with Crippen LogP contribution in [-0.2, 0) is 10.0 Å². The highest BCUT2D eigenvalue weighted by atomic mass is 32.2. The third-order valence-corrected chi connectivity index (χ3v) is 4.43. The molecule has 0 aliphatic heterocycles. The summed E-state index contributed by atoms with van der Waals surface area (Å²) in [6.07, 6.45) is -2.79. The zero-order valence-corrected chi connectivity index (χ0v) is 13.4. The van der Waals surface area contributed by atoms with Crippen LogP contribution in [0.5, 0.6) is 0 Å². The standard InChI is InChI=1S/C16H12F3N3O2S/c17-11-3-5-12(6-4-11)22-15(9-14(21-22)16(18)19)10-1-7-13(8-2-10)25(20,23)24/h1-9,16H,(H2,20,23,24). The summed E-state index contributed by atoms with van der Waals surface area (Å²) in [7, 11) is -3.86. The second-order valence-electron chi connectivity index (χ2n) is 5.21. The third kappa shape index (κ3) is 3.57. The predicted octanol–water partition coefficient (Wildman–Crippen LogP) is 3.26. The molecule has 0 aliphatic rings.